The number of aliphatic hydroxyl groups is 2. The molecule has 4 aliphatic carbocycles. The largest absolute Gasteiger partial charge is 0.396 e. The van der Waals surface area contributed by atoms with E-state index in [-0.39, 0.29) is 17.9 Å². The highest BCUT2D eigenvalue weighted by molar-refractivity contribution is 7.13. The number of aromatic nitrogens is 1. The molecule has 1 aromatic carbocycles. The first-order chi connectivity index (χ1) is 16.9. The lowest BCUT2D eigenvalue weighted by Crippen LogP contribution is -2.51. The van der Waals surface area contributed by atoms with Gasteiger partial charge in [-0.3, -0.25) is 4.79 Å². The zero-order valence-electron chi connectivity index (χ0n) is 20.5. The summed E-state index contributed by atoms with van der Waals surface area (Å²) in [5, 5.41) is 24.5. The molecule has 0 aliphatic heterocycles. The van der Waals surface area contributed by atoms with Crippen LogP contribution >= 0.6 is 11.3 Å². The van der Waals surface area contributed by atoms with E-state index in [0.29, 0.717) is 36.9 Å². The highest BCUT2D eigenvalue weighted by atomic mass is 32.1. The number of nitrogens with zero attached hydrogens (tertiary/aromatic N) is 1. The van der Waals surface area contributed by atoms with E-state index in [0.717, 1.165) is 54.7 Å². The van der Waals surface area contributed by atoms with E-state index in [9.17, 15) is 15.0 Å². The normalized spacial score (nSPS) is 34.3. The molecular weight excluding hydrogens is 454 g/mol. The van der Waals surface area contributed by atoms with E-state index in [1.807, 2.05) is 11.6 Å². The first-order valence-electron chi connectivity index (χ1n) is 13.2. The molecule has 184 valence electrons. The molecule has 6 rings (SSSR count). The number of fused-ring (bicyclic) bond motifs is 4. The predicted octanol–water partition coefficient (Wildman–Crippen LogP) is 6.21. The van der Waals surface area contributed by atoms with Crippen LogP contribution in [0.2, 0.25) is 0 Å². The summed E-state index contributed by atoms with van der Waals surface area (Å²) in [6.07, 6.45) is 11.6. The monoisotopic (exact) mass is 489 g/mol. The molecule has 4 nitrogen and oxygen atoms in total. The van der Waals surface area contributed by atoms with Crippen LogP contribution in [-0.2, 0) is 4.79 Å². The third-order valence-corrected chi connectivity index (χ3v) is 10.6. The maximum Gasteiger partial charge on any atom is 0.163 e. The first-order valence-corrected chi connectivity index (χ1v) is 14.1. The number of carbonyl (C=O) groups excluding carboxylic acids is 1. The lowest BCUT2D eigenvalue weighted by atomic mass is 9.50. The Morgan fingerprint density at radius 2 is 2.00 bits per heavy atom. The minimum absolute atomic E-state index is 0.117. The van der Waals surface area contributed by atoms with E-state index < -0.39 is 5.60 Å². The Labute approximate surface area is 211 Å². The molecule has 5 atom stereocenters. The minimum Gasteiger partial charge on any atom is -0.396 e. The Balaban J connectivity index is 1.47. The van der Waals surface area contributed by atoms with Gasteiger partial charge in [0.2, 0.25) is 0 Å². The fraction of sp³-hybridized carbons (Fsp3) is 0.533. The van der Waals surface area contributed by atoms with Crippen molar-refractivity contribution in [3.63, 3.8) is 0 Å². The van der Waals surface area contributed by atoms with Crippen LogP contribution in [0, 0.1) is 17.3 Å². The fourth-order valence-electron chi connectivity index (χ4n) is 8.03. The fourth-order valence-corrected chi connectivity index (χ4v) is 8.67. The number of hydrogen-bond donors (Lipinski definition) is 2. The third-order valence-electron chi connectivity index (χ3n) is 9.76. The molecule has 5 heteroatoms. The number of thiazole rings is 1. The Morgan fingerprint density at radius 1 is 1.17 bits per heavy atom. The van der Waals surface area contributed by atoms with Crippen LogP contribution in [0.5, 0.6) is 0 Å². The Kier molecular flexibility index (Phi) is 5.86. The lowest BCUT2D eigenvalue weighted by molar-refractivity contribution is -0.116. The standard InChI is InChI=1S/C30H35NO3S/c1-29-18-23(19-6-8-21(9-7-19)28-31-15-17-35-28)27-22(11-10-20-4-2-5-25(33)26(20)27)24(29)12-14-30(29,34)13-3-16-32/h4,6-9,15,17,22-24,32,34H,2-3,5,10-14,16,18H2,1H3/t22-,23+,24-,29+,30-/m0/s1. The van der Waals surface area contributed by atoms with Crippen LogP contribution in [0.3, 0.4) is 0 Å². The van der Waals surface area contributed by atoms with Crippen molar-refractivity contribution in [1.82, 2.24) is 4.98 Å². The average Bonchev–Trinajstić information content (AvgIpc) is 3.50. The van der Waals surface area contributed by atoms with E-state index in [4.69, 9.17) is 0 Å². The van der Waals surface area contributed by atoms with Gasteiger partial charge >= 0.3 is 0 Å². The predicted molar refractivity (Wildman–Crippen MR) is 139 cm³/mol. The SMILES string of the molecule is C[C@@]12C[C@H](c3ccc(-c4nccs4)cc3)C3=C4C(=O)CCC=C4CC[C@H]3[C@@H]1CC[C@@]2(O)CCCO. The molecule has 0 spiro atoms. The van der Waals surface area contributed by atoms with Crippen LogP contribution in [0.25, 0.3) is 10.6 Å². The van der Waals surface area contributed by atoms with Crippen molar-refractivity contribution in [1.29, 1.82) is 0 Å². The van der Waals surface area contributed by atoms with Crippen LogP contribution in [0.15, 0.2) is 58.6 Å². The molecule has 0 saturated heterocycles. The van der Waals surface area contributed by atoms with Crippen molar-refractivity contribution < 1.29 is 15.0 Å². The van der Waals surface area contributed by atoms with E-state index in [1.54, 1.807) is 11.3 Å². The zero-order chi connectivity index (χ0) is 24.2. The van der Waals surface area contributed by atoms with E-state index in [1.165, 1.54) is 16.7 Å². The molecule has 35 heavy (non-hydrogen) atoms. The molecule has 1 heterocycles. The van der Waals surface area contributed by atoms with Gasteiger partial charge in [-0.2, -0.15) is 0 Å². The summed E-state index contributed by atoms with van der Waals surface area (Å²) in [7, 11) is 0. The lowest BCUT2D eigenvalue weighted by Gasteiger charge is -2.55. The average molecular weight is 490 g/mol. The van der Waals surface area contributed by atoms with Gasteiger partial charge in [0, 0.05) is 47.1 Å². The van der Waals surface area contributed by atoms with Crippen molar-refractivity contribution in [3.05, 3.63) is 64.2 Å². The van der Waals surface area contributed by atoms with Gasteiger partial charge in [0.25, 0.3) is 0 Å². The molecule has 2 aromatic rings. The summed E-state index contributed by atoms with van der Waals surface area (Å²) < 4.78 is 0. The molecule has 2 N–H and O–H groups in total. The number of hydrogen-bond acceptors (Lipinski definition) is 5. The van der Waals surface area contributed by atoms with Crippen LogP contribution in [0.4, 0.5) is 0 Å². The van der Waals surface area contributed by atoms with Gasteiger partial charge in [-0.05, 0) is 79.9 Å². The number of allylic oxidation sites excluding steroid dienone is 4. The van der Waals surface area contributed by atoms with Crippen LogP contribution in [-0.4, -0.2) is 33.2 Å². The van der Waals surface area contributed by atoms with Crippen molar-refractivity contribution in [2.75, 3.05) is 6.61 Å². The number of Topliss-reactive ketones (excluding diaryl/α,β-unsaturated/α-hetero) is 1. The maximum atomic E-state index is 13.3. The van der Waals surface area contributed by atoms with Gasteiger partial charge in [0.05, 0.1) is 5.60 Å². The van der Waals surface area contributed by atoms with Gasteiger partial charge in [0.15, 0.2) is 5.78 Å². The van der Waals surface area contributed by atoms with Gasteiger partial charge in [0.1, 0.15) is 5.01 Å². The van der Waals surface area contributed by atoms with Gasteiger partial charge in [-0.1, -0.05) is 37.3 Å². The molecule has 0 radical (unpaired) electrons. The van der Waals surface area contributed by atoms with Gasteiger partial charge in [-0.15, -0.1) is 11.3 Å². The summed E-state index contributed by atoms with van der Waals surface area (Å²) in [4.78, 5) is 17.8. The third kappa shape index (κ3) is 3.61. The number of rotatable bonds is 5. The summed E-state index contributed by atoms with van der Waals surface area (Å²) in [5.41, 5.74) is 5.05. The topological polar surface area (TPSA) is 70.4 Å². The molecule has 4 aliphatic rings. The highest BCUT2D eigenvalue weighted by Gasteiger charge is 2.62. The van der Waals surface area contributed by atoms with Crippen molar-refractivity contribution in [2.45, 2.75) is 76.2 Å². The van der Waals surface area contributed by atoms with Crippen molar-refractivity contribution in [2.24, 2.45) is 17.3 Å². The molecular formula is C30H35NO3S. The number of carbonyl (C=O) groups is 1. The molecule has 0 amide bonds. The Hall–Kier alpha value is -2.08. The van der Waals surface area contributed by atoms with Crippen molar-refractivity contribution >= 4 is 17.1 Å². The minimum atomic E-state index is -0.762. The molecule has 2 fully saturated rings. The highest BCUT2D eigenvalue weighted by Crippen LogP contribution is 2.67. The second kappa shape index (κ2) is 8.79. The molecule has 0 bridgehead atoms. The number of benzene rings is 1. The summed E-state index contributed by atoms with van der Waals surface area (Å²) >= 11 is 1.64. The first kappa shape index (κ1) is 23.3. The smallest absolute Gasteiger partial charge is 0.163 e. The number of ketones is 1. The zero-order valence-corrected chi connectivity index (χ0v) is 21.3. The summed E-state index contributed by atoms with van der Waals surface area (Å²) in [6, 6.07) is 8.78. The van der Waals surface area contributed by atoms with E-state index >= 15 is 0 Å². The summed E-state index contributed by atoms with van der Waals surface area (Å²) in [5.74, 6) is 1.18. The maximum absolute atomic E-state index is 13.3. The Morgan fingerprint density at radius 3 is 2.74 bits per heavy atom. The quantitative estimate of drug-likeness (QED) is 0.524. The summed E-state index contributed by atoms with van der Waals surface area (Å²) in [6.45, 7) is 2.42. The second-order valence-corrected chi connectivity index (χ2v) is 12.2. The molecule has 2 saturated carbocycles. The van der Waals surface area contributed by atoms with Gasteiger partial charge in [-0.25, -0.2) is 4.98 Å². The number of aliphatic hydroxyl groups excluding tert-OH is 1. The van der Waals surface area contributed by atoms with Crippen LogP contribution < -0.4 is 0 Å². The van der Waals surface area contributed by atoms with E-state index in [2.05, 4.69) is 42.2 Å². The van der Waals surface area contributed by atoms with Crippen molar-refractivity contribution in [3.8, 4) is 10.6 Å². The Bertz CT molecular complexity index is 1180. The molecule has 1 aromatic heterocycles. The van der Waals surface area contributed by atoms with Gasteiger partial charge < -0.3 is 10.2 Å². The molecule has 0 unspecified atom stereocenters. The second-order valence-electron chi connectivity index (χ2n) is 11.3. The van der Waals surface area contributed by atoms with Crippen LogP contribution in [0.1, 0.15) is 76.2 Å².